The van der Waals surface area contributed by atoms with E-state index in [0.29, 0.717) is 0 Å². The zero-order valence-electron chi connectivity index (χ0n) is 27.5. The van der Waals surface area contributed by atoms with Crippen molar-refractivity contribution in [2.75, 3.05) is 0 Å². The number of unbranched alkanes of at least 4 members (excludes halogenated alkanes) is 12. The first kappa shape index (κ1) is 40.1. The van der Waals surface area contributed by atoms with Crippen LogP contribution in [0.2, 0.25) is 0 Å². The first-order valence-electron chi connectivity index (χ1n) is 16.4. The van der Waals surface area contributed by atoms with Crippen LogP contribution in [0.15, 0.2) is 48.5 Å². The van der Waals surface area contributed by atoms with Gasteiger partial charge in [0.1, 0.15) is 5.60 Å². The van der Waals surface area contributed by atoms with E-state index >= 15 is 0 Å². The van der Waals surface area contributed by atoms with Crippen LogP contribution in [-0.2, 0) is 22.8 Å². The van der Waals surface area contributed by atoms with Crippen molar-refractivity contribution in [3.8, 4) is 0 Å². The van der Waals surface area contributed by atoms with Crippen LogP contribution in [0.1, 0.15) is 147 Å². The molecule has 0 aromatic heterocycles. The highest BCUT2D eigenvalue weighted by atomic mass is 31.2. The van der Waals surface area contributed by atoms with E-state index in [1.807, 2.05) is 0 Å². The fourth-order valence-corrected chi connectivity index (χ4v) is 6.27. The maximum atomic E-state index is 12.7. The second-order valence-electron chi connectivity index (χ2n) is 12.6. The average Bonchev–Trinajstić information content (AvgIpc) is 2.95. The van der Waals surface area contributed by atoms with Crippen molar-refractivity contribution in [1.29, 1.82) is 0 Å². The number of aryl methyl sites for hydroxylation is 2. The Morgan fingerprint density at radius 3 is 1.16 bits per heavy atom. The predicted molar refractivity (Wildman–Crippen MR) is 183 cm³/mol. The van der Waals surface area contributed by atoms with E-state index in [2.05, 4.69) is 87.5 Å². The summed E-state index contributed by atoms with van der Waals surface area (Å²) in [6, 6.07) is 17.4. The van der Waals surface area contributed by atoms with Crippen LogP contribution in [0.3, 0.4) is 0 Å². The number of rotatable bonds is 20. The van der Waals surface area contributed by atoms with E-state index in [-0.39, 0.29) is 5.41 Å². The third-order valence-corrected chi connectivity index (χ3v) is 9.31. The maximum absolute atomic E-state index is 12.7. The van der Waals surface area contributed by atoms with Gasteiger partial charge in [0, 0.05) is 0 Å². The van der Waals surface area contributed by atoms with Gasteiger partial charge in [-0.1, -0.05) is 160 Å². The topological polar surface area (TPSA) is 110 Å². The van der Waals surface area contributed by atoms with Crippen LogP contribution in [-0.4, -0.2) is 24.7 Å². The van der Waals surface area contributed by atoms with Gasteiger partial charge in [-0.05, 0) is 53.4 Å². The van der Waals surface area contributed by atoms with Crippen molar-refractivity contribution in [2.24, 2.45) is 5.41 Å². The fourth-order valence-electron chi connectivity index (χ4n) is 5.75. The Balaban J connectivity index is 0.00000117. The molecule has 2 rings (SSSR count). The van der Waals surface area contributed by atoms with Crippen LogP contribution in [0, 0.1) is 5.41 Å². The summed E-state index contributed by atoms with van der Waals surface area (Å²) in [7, 11) is -5.22. The fraction of sp³-hybridized carbons (Fsp3) is 0.657. The molecule has 0 saturated carbocycles. The predicted octanol–water partition coefficient (Wildman–Crippen LogP) is 9.98. The molecular formula is C35H60O6P2. The van der Waals surface area contributed by atoms with Gasteiger partial charge < -0.3 is 24.7 Å². The third kappa shape index (κ3) is 15.3. The molecule has 246 valence electrons. The summed E-state index contributed by atoms with van der Waals surface area (Å²) in [4.78, 5) is 31.3. The molecule has 2 aromatic carbocycles. The molecule has 5 N–H and O–H groups in total. The minimum Gasteiger partial charge on any atom is -0.380 e. The lowest BCUT2D eigenvalue weighted by Crippen LogP contribution is -2.42. The first-order valence-corrected chi connectivity index (χ1v) is 18.7. The van der Waals surface area contributed by atoms with Crippen LogP contribution in [0.4, 0.5) is 0 Å². The maximum Gasteiger partial charge on any atom is 0.334 e. The molecule has 8 heteroatoms. The molecule has 0 heterocycles. The molecule has 2 aromatic rings. The van der Waals surface area contributed by atoms with Gasteiger partial charge in [-0.2, -0.15) is 0 Å². The Morgan fingerprint density at radius 1 is 0.535 bits per heavy atom. The molecule has 0 spiro atoms. The zero-order valence-corrected chi connectivity index (χ0v) is 29.3. The van der Waals surface area contributed by atoms with Gasteiger partial charge in [-0.3, -0.25) is 0 Å². The van der Waals surface area contributed by atoms with Crippen molar-refractivity contribution < 1.29 is 29.0 Å². The van der Waals surface area contributed by atoms with E-state index in [1.165, 1.54) is 101 Å². The number of hydrogen-bond acceptors (Lipinski definition) is 6. The Labute approximate surface area is 264 Å². The number of benzene rings is 2. The molecule has 43 heavy (non-hydrogen) atoms. The molecule has 0 atom stereocenters. The first-order chi connectivity index (χ1) is 20.5. The molecule has 0 aliphatic heterocycles. The smallest absolute Gasteiger partial charge is 0.334 e. The lowest BCUT2D eigenvalue weighted by Gasteiger charge is -2.43. The summed E-state index contributed by atoms with van der Waals surface area (Å²) in [6.07, 6.45) is 20.5. The lowest BCUT2D eigenvalue weighted by molar-refractivity contribution is -0.0273. The molecule has 0 aliphatic carbocycles. The minimum absolute atomic E-state index is 0.320. The normalized spacial score (nSPS) is 12.1. The molecular weight excluding hydrogens is 578 g/mol. The highest BCUT2D eigenvalue weighted by Crippen LogP contribution is 2.47. The summed E-state index contributed by atoms with van der Waals surface area (Å²) >= 11 is 0. The van der Waals surface area contributed by atoms with E-state index < -0.39 is 22.8 Å². The van der Waals surface area contributed by atoms with Gasteiger partial charge in [-0.15, -0.1) is 0 Å². The largest absolute Gasteiger partial charge is 0.380 e. The molecule has 0 bridgehead atoms. The van der Waals surface area contributed by atoms with Crippen molar-refractivity contribution in [3.05, 3.63) is 70.8 Å². The summed E-state index contributed by atoms with van der Waals surface area (Å²) in [5, 5.41) is 12.7. The number of hydrogen-bond donors (Lipinski definition) is 5. The molecule has 6 nitrogen and oxygen atoms in total. The van der Waals surface area contributed by atoms with E-state index in [1.54, 1.807) is 0 Å². The number of aliphatic hydroxyl groups is 1. The highest BCUT2D eigenvalue weighted by Gasteiger charge is 2.45. The van der Waals surface area contributed by atoms with Crippen LogP contribution < -0.4 is 0 Å². The molecule has 0 saturated heterocycles. The van der Waals surface area contributed by atoms with Crippen molar-refractivity contribution >= 4 is 17.2 Å². The summed E-state index contributed by atoms with van der Waals surface area (Å²) in [6.45, 7) is 11.1. The monoisotopic (exact) mass is 638 g/mol. The Kier molecular flexibility index (Phi) is 21.0. The average molecular weight is 639 g/mol. The summed E-state index contributed by atoms with van der Waals surface area (Å²) < 4.78 is 3.60. The molecule has 0 amide bonds. The van der Waals surface area contributed by atoms with Gasteiger partial charge in [0.15, 0.2) is 0 Å². The van der Waals surface area contributed by atoms with Gasteiger partial charge in [0.05, 0.1) is 0 Å². The van der Waals surface area contributed by atoms with Crippen LogP contribution in [0.5, 0.6) is 0 Å². The molecule has 0 unspecified atom stereocenters. The molecule has 0 aliphatic rings. The van der Waals surface area contributed by atoms with Crippen LogP contribution >= 0.6 is 17.2 Å². The van der Waals surface area contributed by atoms with E-state index in [0.717, 1.165) is 24.0 Å². The Morgan fingerprint density at radius 2 is 0.860 bits per heavy atom. The van der Waals surface area contributed by atoms with Crippen molar-refractivity contribution in [3.63, 3.8) is 0 Å². The molecule has 0 fully saturated rings. The van der Waals surface area contributed by atoms with Gasteiger partial charge in [0.25, 0.3) is 0 Å². The van der Waals surface area contributed by atoms with Crippen molar-refractivity contribution in [1.82, 2.24) is 0 Å². The van der Waals surface area contributed by atoms with Crippen molar-refractivity contribution in [2.45, 2.75) is 143 Å². The SMILES string of the molecule is CCCCCCCCCc1ccccc1C(O)(c1ccccc1CCCCCCCCC)C(C)(C)C.OP(O)OP(O)O. The Bertz CT molecular complexity index is 909. The third-order valence-electron chi connectivity index (χ3n) is 8.15. The zero-order chi connectivity index (χ0) is 32.1. The van der Waals surface area contributed by atoms with Gasteiger partial charge in [0.2, 0.25) is 0 Å². The second kappa shape index (κ2) is 22.5. The van der Waals surface area contributed by atoms with E-state index in [9.17, 15) is 5.11 Å². The summed E-state index contributed by atoms with van der Waals surface area (Å²) in [5.41, 5.74) is 3.51. The standard InChI is InChI=1S/C35H56O.H4O5P2/c1-6-8-10-12-14-16-18-24-30-26-20-22-28-32(30)35(36,34(3,4)5)33-29-23-21-27-31(33)25-19-17-15-13-11-9-7-2;1-6(2)5-7(3)4/h20-23,26-29,36H,6-19,24-25H2,1-5H3;1-4H. The quantitative estimate of drug-likeness (QED) is 0.0729. The highest BCUT2D eigenvalue weighted by molar-refractivity contribution is 7.53. The lowest BCUT2D eigenvalue weighted by atomic mass is 9.65. The van der Waals surface area contributed by atoms with Crippen LogP contribution in [0.25, 0.3) is 0 Å². The summed E-state index contributed by atoms with van der Waals surface area (Å²) in [5.74, 6) is 0. The van der Waals surface area contributed by atoms with Gasteiger partial charge >= 0.3 is 17.2 Å². The van der Waals surface area contributed by atoms with E-state index in [4.69, 9.17) is 19.6 Å². The van der Waals surface area contributed by atoms with Gasteiger partial charge in [-0.25, -0.2) is 4.31 Å². The minimum atomic E-state index is -2.61. The Hall–Kier alpha value is -0.940. The molecule has 0 radical (unpaired) electrons. The second-order valence-corrected chi connectivity index (χ2v) is 14.3.